The van der Waals surface area contributed by atoms with E-state index in [9.17, 15) is 8.42 Å². The molecule has 2 aromatic rings. The summed E-state index contributed by atoms with van der Waals surface area (Å²) in [6.07, 6.45) is 0.662. The molecule has 6 heteroatoms. The van der Waals surface area contributed by atoms with E-state index >= 15 is 0 Å². The molecule has 0 aliphatic carbocycles. The lowest BCUT2D eigenvalue weighted by Gasteiger charge is -2.18. The van der Waals surface area contributed by atoms with E-state index in [2.05, 4.69) is 20.7 Å². The Morgan fingerprint density at radius 2 is 1.86 bits per heavy atom. The molecule has 3 N–H and O–H groups in total. The normalized spacial score (nSPS) is 13.0. The minimum atomic E-state index is -3.61. The molecule has 0 radical (unpaired) electrons. The van der Waals surface area contributed by atoms with Gasteiger partial charge in [0, 0.05) is 16.2 Å². The minimum absolute atomic E-state index is 0.164. The first-order chi connectivity index (χ1) is 9.94. The van der Waals surface area contributed by atoms with Crippen LogP contribution in [0, 0.1) is 0 Å². The van der Waals surface area contributed by atoms with Crippen LogP contribution >= 0.6 is 15.9 Å². The van der Waals surface area contributed by atoms with Crippen LogP contribution in [-0.2, 0) is 10.0 Å². The molecule has 2 aromatic carbocycles. The van der Waals surface area contributed by atoms with Crippen molar-refractivity contribution in [3.05, 3.63) is 58.6 Å². The summed E-state index contributed by atoms with van der Waals surface area (Å²) in [5.74, 6) is 0. The molecular formula is C15H17BrN2O2S. The first kappa shape index (κ1) is 16.0. The fraction of sp³-hybridized carbons (Fsp3) is 0.200. The molecule has 1 atom stereocenters. The van der Waals surface area contributed by atoms with E-state index in [1.807, 2.05) is 37.3 Å². The predicted octanol–water partition coefficient (Wildman–Crippen LogP) is 3.46. The number of halogens is 1. The Morgan fingerprint density at radius 3 is 2.43 bits per heavy atom. The van der Waals surface area contributed by atoms with Gasteiger partial charge in [0.1, 0.15) is 0 Å². The number of hydrogen-bond acceptors (Lipinski definition) is 3. The Bertz CT molecular complexity index is 718. The molecule has 0 aliphatic rings. The number of anilines is 1. The topological polar surface area (TPSA) is 72.2 Å². The van der Waals surface area contributed by atoms with Crippen molar-refractivity contribution in [1.82, 2.24) is 4.72 Å². The summed E-state index contributed by atoms with van der Waals surface area (Å²) in [7, 11) is -3.61. The van der Waals surface area contributed by atoms with Gasteiger partial charge >= 0.3 is 0 Å². The van der Waals surface area contributed by atoms with Crippen molar-refractivity contribution in [3.63, 3.8) is 0 Å². The van der Waals surface area contributed by atoms with Crippen LogP contribution in [0.25, 0.3) is 0 Å². The van der Waals surface area contributed by atoms with Crippen LogP contribution in [0.2, 0.25) is 0 Å². The zero-order chi connectivity index (χ0) is 15.5. The Kier molecular flexibility index (Phi) is 5.03. The van der Waals surface area contributed by atoms with E-state index in [4.69, 9.17) is 5.73 Å². The van der Waals surface area contributed by atoms with Crippen molar-refractivity contribution in [2.75, 3.05) is 5.73 Å². The van der Waals surface area contributed by atoms with Crippen LogP contribution in [-0.4, -0.2) is 8.42 Å². The van der Waals surface area contributed by atoms with Crippen LogP contribution in [0.15, 0.2) is 57.9 Å². The van der Waals surface area contributed by atoms with Gasteiger partial charge < -0.3 is 5.73 Å². The maximum atomic E-state index is 12.5. The largest absolute Gasteiger partial charge is 0.398 e. The summed E-state index contributed by atoms with van der Waals surface area (Å²) in [6, 6.07) is 13.9. The Morgan fingerprint density at radius 1 is 1.19 bits per heavy atom. The predicted molar refractivity (Wildman–Crippen MR) is 88.3 cm³/mol. The number of nitrogens with one attached hydrogen (secondary N) is 1. The number of benzene rings is 2. The van der Waals surface area contributed by atoms with Crippen molar-refractivity contribution in [2.24, 2.45) is 0 Å². The summed E-state index contributed by atoms with van der Waals surface area (Å²) in [4.78, 5) is 0.164. The quantitative estimate of drug-likeness (QED) is 0.793. The molecule has 0 heterocycles. The summed E-state index contributed by atoms with van der Waals surface area (Å²) in [5.41, 5.74) is 7.09. The van der Waals surface area contributed by atoms with E-state index in [0.717, 1.165) is 5.56 Å². The molecule has 112 valence electrons. The van der Waals surface area contributed by atoms with Gasteiger partial charge in [-0.25, -0.2) is 13.1 Å². The highest BCUT2D eigenvalue weighted by Gasteiger charge is 2.20. The fourth-order valence-electron chi connectivity index (χ4n) is 2.02. The maximum Gasteiger partial charge on any atom is 0.241 e. The summed E-state index contributed by atoms with van der Waals surface area (Å²) in [5, 5.41) is 0. The fourth-order valence-corrected chi connectivity index (χ4v) is 3.61. The zero-order valence-corrected chi connectivity index (χ0v) is 14.0. The van der Waals surface area contributed by atoms with E-state index in [1.54, 1.807) is 6.07 Å². The second-order valence-electron chi connectivity index (χ2n) is 4.68. The van der Waals surface area contributed by atoms with E-state index in [0.29, 0.717) is 16.6 Å². The number of nitrogens with two attached hydrogens (primary N) is 1. The van der Waals surface area contributed by atoms with Gasteiger partial charge in [-0.05, 0) is 46.1 Å². The molecular weight excluding hydrogens is 352 g/mol. The van der Waals surface area contributed by atoms with Crippen LogP contribution < -0.4 is 10.5 Å². The summed E-state index contributed by atoms with van der Waals surface area (Å²) >= 11 is 3.26. The molecule has 0 fully saturated rings. The minimum Gasteiger partial charge on any atom is -0.398 e. The monoisotopic (exact) mass is 368 g/mol. The highest BCUT2D eigenvalue weighted by Crippen LogP contribution is 2.25. The van der Waals surface area contributed by atoms with Gasteiger partial charge in [0.25, 0.3) is 0 Å². The third kappa shape index (κ3) is 3.84. The summed E-state index contributed by atoms with van der Waals surface area (Å²) in [6.45, 7) is 1.94. The molecule has 0 amide bonds. The number of rotatable bonds is 5. The standard InChI is InChI=1S/C15H17BrN2O2S/c1-2-15(11-6-4-3-5-7-11)18-21(19,20)12-8-9-13(16)14(17)10-12/h3-10,15,18H,2,17H2,1H3. The maximum absolute atomic E-state index is 12.5. The van der Waals surface area contributed by atoms with Crippen LogP contribution in [0.4, 0.5) is 5.69 Å². The molecule has 1 unspecified atom stereocenters. The van der Waals surface area contributed by atoms with Crippen molar-refractivity contribution < 1.29 is 8.42 Å². The van der Waals surface area contributed by atoms with Gasteiger partial charge in [-0.15, -0.1) is 0 Å². The second-order valence-corrected chi connectivity index (χ2v) is 7.24. The van der Waals surface area contributed by atoms with Gasteiger partial charge in [-0.1, -0.05) is 37.3 Å². The lowest BCUT2D eigenvalue weighted by atomic mass is 10.1. The smallest absolute Gasteiger partial charge is 0.241 e. The first-order valence-corrected chi connectivity index (χ1v) is 8.84. The van der Waals surface area contributed by atoms with Crippen molar-refractivity contribution >= 4 is 31.6 Å². The lowest BCUT2D eigenvalue weighted by molar-refractivity contribution is 0.550. The summed E-state index contributed by atoms with van der Waals surface area (Å²) < 4.78 is 28.3. The van der Waals surface area contributed by atoms with Gasteiger partial charge in [0.15, 0.2) is 0 Å². The van der Waals surface area contributed by atoms with E-state index in [-0.39, 0.29) is 10.9 Å². The number of hydrogen-bond donors (Lipinski definition) is 2. The molecule has 0 aromatic heterocycles. The Labute approximate surface area is 133 Å². The van der Waals surface area contributed by atoms with Gasteiger partial charge in [-0.3, -0.25) is 0 Å². The highest BCUT2D eigenvalue weighted by molar-refractivity contribution is 9.10. The molecule has 0 aliphatic heterocycles. The molecule has 0 saturated heterocycles. The Balaban J connectivity index is 2.29. The molecule has 0 saturated carbocycles. The SMILES string of the molecule is CCC(NS(=O)(=O)c1ccc(Br)c(N)c1)c1ccccc1. The Hall–Kier alpha value is -1.37. The molecule has 0 spiro atoms. The molecule has 0 bridgehead atoms. The number of sulfonamides is 1. The number of nitrogen functional groups attached to an aromatic ring is 1. The zero-order valence-electron chi connectivity index (χ0n) is 11.6. The highest BCUT2D eigenvalue weighted by atomic mass is 79.9. The van der Waals surface area contributed by atoms with Gasteiger partial charge in [0.2, 0.25) is 10.0 Å². The van der Waals surface area contributed by atoms with Gasteiger partial charge in [0.05, 0.1) is 4.90 Å². The van der Waals surface area contributed by atoms with Crippen molar-refractivity contribution in [3.8, 4) is 0 Å². The van der Waals surface area contributed by atoms with Crippen LogP contribution in [0.5, 0.6) is 0 Å². The third-order valence-electron chi connectivity index (χ3n) is 3.19. The lowest BCUT2D eigenvalue weighted by Crippen LogP contribution is -2.28. The van der Waals surface area contributed by atoms with Crippen molar-refractivity contribution in [2.45, 2.75) is 24.3 Å². The van der Waals surface area contributed by atoms with Crippen LogP contribution in [0.1, 0.15) is 24.9 Å². The van der Waals surface area contributed by atoms with Gasteiger partial charge in [-0.2, -0.15) is 0 Å². The van der Waals surface area contributed by atoms with Crippen molar-refractivity contribution in [1.29, 1.82) is 0 Å². The first-order valence-electron chi connectivity index (χ1n) is 6.56. The average molecular weight is 369 g/mol. The third-order valence-corrected chi connectivity index (χ3v) is 5.38. The average Bonchev–Trinajstić information content (AvgIpc) is 2.48. The second kappa shape index (κ2) is 6.60. The van der Waals surface area contributed by atoms with Crippen LogP contribution in [0.3, 0.4) is 0 Å². The molecule has 2 rings (SSSR count). The van der Waals surface area contributed by atoms with E-state index < -0.39 is 10.0 Å². The molecule has 4 nitrogen and oxygen atoms in total. The van der Waals surface area contributed by atoms with E-state index in [1.165, 1.54) is 12.1 Å². The molecule has 21 heavy (non-hydrogen) atoms.